The first-order valence-corrected chi connectivity index (χ1v) is 7.97. The summed E-state index contributed by atoms with van der Waals surface area (Å²) in [5, 5.41) is 9.73. The number of hydrogen-bond donors (Lipinski definition) is 1. The van der Waals surface area contributed by atoms with Gasteiger partial charge in [0.25, 0.3) is 0 Å². The minimum atomic E-state index is -0.559. The van der Waals surface area contributed by atoms with E-state index < -0.39 is 11.4 Å². The highest BCUT2D eigenvalue weighted by molar-refractivity contribution is 5.75. The molecule has 1 saturated carbocycles. The molecule has 0 spiro atoms. The molecule has 2 rings (SSSR count). The molecule has 0 amide bonds. The van der Waals surface area contributed by atoms with Gasteiger partial charge in [-0.25, -0.2) is 0 Å². The number of likely N-dealkylation sites (tertiary alicyclic amines) is 1. The van der Waals surface area contributed by atoms with Crippen LogP contribution in [0.25, 0.3) is 0 Å². The van der Waals surface area contributed by atoms with Crippen LogP contribution in [0.2, 0.25) is 0 Å². The maximum absolute atomic E-state index is 11.8. The van der Waals surface area contributed by atoms with Crippen molar-refractivity contribution in [3.8, 4) is 0 Å². The van der Waals surface area contributed by atoms with E-state index in [9.17, 15) is 9.90 Å². The molecule has 0 aromatic carbocycles. The van der Waals surface area contributed by atoms with E-state index >= 15 is 0 Å². The summed E-state index contributed by atoms with van der Waals surface area (Å²) >= 11 is 0. The molecule has 2 aliphatic rings. The van der Waals surface area contributed by atoms with Gasteiger partial charge in [0.1, 0.15) is 0 Å². The van der Waals surface area contributed by atoms with E-state index in [2.05, 4.69) is 18.7 Å². The minimum absolute atomic E-state index is 0.467. The van der Waals surface area contributed by atoms with Gasteiger partial charge in [-0.05, 0) is 57.0 Å². The van der Waals surface area contributed by atoms with Gasteiger partial charge in [0.15, 0.2) is 0 Å². The second kappa shape index (κ2) is 6.25. The monoisotopic (exact) mass is 267 g/mol. The zero-order valence-corrected chi connectivity index (χ0v) is 12.5. The third-order valence-electron chi connectivity index (χ3n) is 5.18. The molecule has 0 aromatic heterocycles. The van der Waals surface area contributed by atoms with Crippen molar-refractivity contribution in [3.63, 3.8) is 0 Å². The molecule has 3 heteroatoms. The second-order valence-electron chi connectivity index (χ2n) is 7.10. The number of carboxylic acid groups (broad SMARTS) is 1. The fourth-order valence-corrected chi connectivity index (χ4v) is 3.97. The molecule has 1 saturated heterocycles. The van der Waals surface area contributed by atoms with Crippen molar-refractivity contribution in [1.82, 2.24) is 4.90 Å². The van der Waals surface area contributed by atoms with Crippen molar-refractivity contribution in [2.45, 2.75) is 58.8 Å². The molecule has 0 bridgehead atoms. The minimum Gasteiger partial charge on any atom is -0.481 e. The summed E-state index contributed by atoms with van der Waals surface area (Å²) in [5.41, 5.74) is -0.467. The van der Waals surface area contributed by atoms with Crippen molar-refractivity contribution in [3.05, 3.63) is 0 Å². The van der Waals surface area contributed by atoms with Crippen LogP contribution in [0.4, 0.5) is 0 Å². The fourth-order valence-electron chi connectivity index (χ4n) is 3.97. The third-order valence-corrected chi connectivity index (χ3v) is 5.18. The third kappa shape index (κ3) is 3.71. The Balaban J connectivity index is 2.01. The molecule has 3 nitrogen and oxygen atoms in total. The van der Waals surface area contributed by atoms with Crippen molar-refractivity contribution in [1.29, 1.82) is 0 Å². The molecule has 1 aliphatic carbocycles. The van der Waals surface area contributed by atoms with Crippen molar-refractivity contribution >= 4 is 5.97 Å². The first kappa shape index (κ1) is 14.8. The van der Waals surface area contributed by atoms with E-state index in [1.54, 1.807) is 0 Å². The highest BCUT2D eigenvalue weighted by Gasteiger charge is 2.43. The lowest BCUT2D eigenvalue weighted by Crippen LogP contribution is -2.46. The topological polar surface area (TPSA) is 40.5 Å². The number of carboxylic acids is 1. The Morgan fingerprint density at radius 2 is 1.89 bits per heavy atom. The molecular weight excluding hydrogens is 238 g/mol. The van der Waals surface area contributed by atoms with Gasteiger partial charge in [-0.15, -0.1) is 0 Å². The predicted octanol–water partition coefficient (Wildman–Crippen LogP) is 3.39. The summed E-state index contributed by atoms with van der Waals surface area (Å²) in [7, 11) is 0. The summed E-state index contributed by atoms with van der Waals surface area (Å²) in [4.78, 5) is 14.2. The van der Waals surface area contributed by atoms with Gasteiger partial charge in [-0.2, -0.15) is 0 Å². The highest BCUT2D eigenvalue weighted by Crippen LogP contribution is 2.40. The lowest BCUT2D eigenvalue weighted by molar-refractivity contribution is -0.153. The normalized spacial score (nSPS) is 37.8. The van der Waals surface area contributed by atoms with E-state index in [4.69, 9.17) is 0 Å². The van der Waals surface area contributed by atoms with Crippen LogP contribution in [0, 0.1) is 17.3 Å². The van der Waals surface area contributed by atoms with Crippen LogP contribution < -0.4 is 0 Å². The Kier molecular flexibility index (Phi) is 4.88. The van der Waals surface area contributed by atoms with Gasteiger partial charge in [0.05, 0.1) is 5.41 Å². The molecule has 1 aliphatic heterocycles. The molecule has 0 aromatic rings. The quantitative estimate of drug-likeness (QED) is 0.852. The number of carbonyl (C=O) groups is 1. The SMILES string of the molecule is CC1CCCN(CC2(C(=O)O)CCCC(C)C2)CC1. The molecule has 110 valence electrons. The van der Waals surface area contributed by atoms with Crippen LogP contribution in [0.1, 0.15) is 58.8 Å². The first-order valence-electron chi connectivity index (χ1n) is 7.97. The summed E-state index contributed by atoms with van der Waals surface area (Å²) in [6.45, 7) is 7.48. The largest absolute Gasteiger partial charge is 0.481 e. The van der Waals surface area contributed by atoms with Crippen molar-refractivity contribution < 1.29 is 9.90 Å². The fraction of sp³-hybridized carbons (Fsp3) is 0.938. The maximum Gasteiger partial charge on any atom is 0.310 e. The first-order chi connectivity index (χ1) is 9.02. The highest BCUT2D eigenvalue weighted by atomic mass is 16.4. The predicted molar refractivity (Wildman–Crippen MR) is 77.2 cm³/mol. The average Bonchev–Trinajstić information content (AvgIpc) is 2.54. The number of rotatable bonds is 3. The van der Waals surface area contributed by atoms with Gasteiger partial charge >= 0.3 is 5.97 Å². The van der Waals surface area contributed by atoms with Gasteiger partial charge in [-0.3, -0.25) is 4.79 Å². The van der Waals surface area contributed by atoms with Gasteiger partial charge < -0.3 is 10.0 Å². The van der Waals surface area contributed by atoms with Crippen LogP contribution >= 0.6 is 0 Å². The average molecular weight is 267 g/mol. The Morgan fingerprint density at radius 3 is 2.58 bits per heavy atom. The lowest BCUT2D eigenvalue weighted by atomic mass is 9.69. The number of aliphatic carboxylic acids is 1. The Labute approximate surface area is 117 Å². The Morgan fingerprint density at radius 1 is 1.16 bits per heavy atom. The molecular formula is C16H29NO2. The summed E-state index contributed by atoms with van der Waals surface area (Å²) < 4.78 is 0. The van der Waals surface area contributed by atoms with E-state index in [0.717, 1.165) is 44.8 Å². The van der Waals surface area contributed by atoms with Crippen LogP contribution in [-0.4, -0.2) is 35.6 Å². The molecule has 2 fully saturated rings. The zero-order valence-electron chi connectivity index (χ0n) is 12.5. The smallest absolute Gasteiger partial charge is 0.310 e. The van der Waals surface area contributed by atoms with Crippen molar-refractivity contribution in [2.24, 2.45) is 17.3 Å². The summed E-state index contributed by atoms with van der Waals surface area (Å²) in [6.07, 6.45) is 7.78. The van der Waals surface area contributed by atoms with E-state index in [1.807, 2.05) is 0 Å². The molecule has 1 heterocycles. The van der Waals surface area contributed by atoms with Crippen LogP contribution in [0.3, 0.4) is 0 Å². The summed E-state index contributed by atoms with van der Waals surface area (Å²) in [5.74, 6) is 0.808. The lowest BCUT2D eigenvalue weighted by Gasteiger charge is -2.40. The molecule has 0 radical (unpaired) electrons. The van der Waals surface area contributed by atoms with Crippen LogP contribution in [0.15, 0.2) is 0 Å². The van der Waals surface area contributed by atoms with Crippen LogP contribution in [0.5, 0.6) is 0 Å². The second-order valence-corrected chi connectivity index (χ2v) is 7.10. The van der Waals surface area contributed by atoms with E-state index in [0.29, 0.717) is 5.92 Å². The van der Waals surface area contributed by atoms with E-state index in [1.165, 1.54) is 25.7 Å². The van der Waals surface area contributed by atoms with Crippen molar-refractivity contribution in [2.75, 3.05) is 19.6 Å². The standard InChI is InChI=1S/C16H29NO2/c1-13-6-4-9-17(10-7-13)12-16(15(18)19)8-3-5-14(2)11-16/h13-14H,3-12H2,1-2H3,(H,18,19). The Bertz CT molecular complexity index is 318. The Hall–Kier alpha value is -0.570. The molecule has 3 unspecified atom stereocenters. The zero-order chi connectivity index (χ0) is 13.9. The van der Waals surface area contributed by atoms with Gasteiger partial charge in [-0.1, -0.05) is 26.7 Å². The van der Waals surface area contributed by atoms with Crippen LogP contribution in [-0.2, 0) is 4.79 Å². The van der Waals surface area contributed by atoms with Gasteiger partial charge in [0.2, 0.25) is 0 Å². The number of hydrogen-bond acceptors (Lipinski definition) is 2. The molecule has 1 N–H and O–H groups in total. The number of nitrogens with zero attached hydrogens (tertiary/aromatic N) is 1. The molecule has 3 atom stereocenters. The van der Waals surface area contributed by atoms with Gasteiger partial charge in [0, 0.05) is 6.54 Å². The summed E-state index contributed by atoms with van der Waals surface area (Å²) in [6, 6.07) is 0. The maximum atomic E-state index is 11.8. The molecule has 19 heavy (non-hydrogen) atoms. The van der Waals surface area contributed by atoms with E-state index in [-0.39, 0.29) is 0 Å².